The third-order valence-electron chi connectivity index (χ3n) is 4.52. The number of thiophene rings is 1. The molecule has 1 amide bonds. The van der Waals surface area contributed by atoms with Crippen LogP contribution in [-0.4, -0.2) is 28.0 Å². The first-order chi connectivity index (χ1) is 12.7. The van der Waals surface area contributed by atoms with Crippen molar-refractivity contribution < 1.29 is 9.53 Å². The maximum Gasteiger partial charge on any atom is 0.279 e. The number of aryl methyl sites for hydroxylation is 2. The molecule has 4 rings (SSSR count). The van der Waals surface area contributed by atoms with E-state index in [4.69, 9.17) is 4.74 Å². The van der Waals surface area contributed by atoms with Crippen LogP contribution in [0.3, 0.4) is 0 Å². The van der Waals surface area contributed by atoms with E-state index in [0.29, 0.717) is 21.7 Å². The van der Waals surface area contributed by atoms with Gasteiger partial charge in [0, 0.05) is 4.88 Å². The third-order valence-corrected chi connectivity index (χ3v) is 5.70. The fraction of sp³-hybridized carbons (Fsp3) is 0.333. The molecule has 1 N–H and O–H groups in total. The Morgan fingerprint density at radius 2 is 2.12 bits per heavy atom. The van der Waals surface area contributed by atoms with Crippen molar-refractivity contribution in [1.29, 1.82) is 0 Å². The number of ether oxygens (including phenoxy) is 1. The summed E-state index contributed by atoms with van der Waals surface area (Å²) >= 11 is 1.55. The topological polar surface area (TPSA) is 86.1 Å². The standard InChI is InChI=1S/C18H18N4O3S/c1-25-13-8-4-3-7-12(13)19-15(23)10-22-18(24)16-11-6-2-5-9-14(11)26-17(16)20-21-22/h3-4,7-8H,2,5-6,9-10H2,1H3,(H,19,23). The summed E-state index contributed by atoms with van der Waals surface area (Å²) < 4.78 is 6.35. The number of hydrogen-bond donors (Lipinski definition) is 1. The summed E-state index contributed by atoms with van der Waals surface area (Å²) in [7, 11) is 1.54. The van der Waals surface area contributed by atoms with Crippen LogP contribution >= 0.6 is 11.3 Å². The summed E-state index contributed by atoms with van der Waals surface area (Å²) in [4.78, 5) is 27.1. The second-order valence-electron chi connectivity index (χ2n) is 6.19. The van der Waals surface area contributed by atoms with E-state index in [0.717, 1.165) is 35.9 Å². The number of aromatic nitrogens is 3. The van der Waals surface area contributed by atoms with Crippen LogP contribution < -0.4 is 15.6 Å². The fourth-order valence-electron chi connectivity index (χ4n) is 3.28. The van der Waals surface area contributed by atoms with E-state index in [9.17, 15) is 9.59 Å². The van der Waals surface area contributed by atoms with Gasteiger partial charge < -0.3 is 10.1 Å². The smallest absolute Gasteiger partial charge is 0.279 e. The van der Waals surface area contributed by atoms with Crippen LogP contribution in [0.15, 0.2) is 29.1 Å². The number of nitrogens with zero attached hydrogens (tertiary/aromatic N) is 3. The van der Waals surface area contributed by atoms with E-state index in [1.54, 1.807) is 29.5 Å². The molecule has 3 aromatic rings. The maximum atomic E-state index is 12.8. The number of carbonyl (C=O) groups is 1. The molecule has 0 spiro atoms. The summed E-state index contributed by atoms with van der Waals surface area (Å²) in [6, 6.07) is 7.11. The molecule has 26 heavy (non-hydrogen) atoms. The average molecular weight is 370 g/mol. The molecule has 134 valence electrons. The van der Waals surface area contributed by atoms with Gasteiger partial charge in [0.1, 0.15) is 12.3 Å². The lowest BCUT2D eigenvalue weighted by Crippen LogP contribution is -2.30. The predicted molar refractivity (Wildman–Crippen MR) is 99.9 cm³/mol. The number of anilines is 1. The highest BCUT2D eigenvalue weighted by Crippen LogP contribution is 2.33. The van der Waals surface area contributed by atoms with Gasteiger partial charge >= 0.3 is 0 Å². The number of nitrogens with one attached hydrogen (secondary N) is 1. The number of benzene rings is 1. The summed E-state index contributed by atoms with van der Waals surface area (Å²) in [5.41, 5.74) is 1.40. The summed E-state index contributed by atoms with van der Waals surface area (Å²) in [5, 5.41) is 11.5. The first-order valence-electron chi connectivity index (χ1n) is 8.48. The van der Waals surface area contributed by atoms with Crippen LogP contribution in [-0.2, 0) is 24.2 Å². The number of fused-ring (bicyclic) bond motifs is 3. The van der Waals surface area contributed by atoms with Gasteiger partial charge in [0.2, 0.25) is 5.91 Å². The number of para-hydroxylation sites is 2. The van der Waals surface area contributed by atoms with Crippen molar-refractivity contribution in [3.8, 4) is 5.75 Å². The molecule has 0 unspecified atom stereocenters. The minimum Gasteiger partial charge on any atom is -0.495 e. The zero-order chi connectivity index (χ0) is 18.1. The summed E-state index contributed by atoms with van der Waals surface area (Å²) in [6.07, 6.45) is 4.10. The van der Waals surface area contributed by atoms with Gasteiger partial charge in [0.05, 0.1) is 18.2 Å². The largest absolute Gasteiger partial charge is 0.495 e. The summed E-state index contributed by atoms with van der Waals surface area (Å²) in [5.74, 6) is 0.205. The molecular weight excluding hydrogens is 352 g/mol. The number of hydrogen-bond acceptors (Lipinski definition) is 6. The van der Waals surface area contributed by atoms with E-state index in [1.807, 2.05) is 6.07 Å². The Kier molecular flexibility index (Phi) is 4.42. The van der Waals surface area contributed by atoms with E-state index in [1.165, 1.54) is 12.0 Å². The van der Waals surface area contributed by atoms with Gasteiger partial charge in [0.15, 0.2) is 4.83 Å². The molecule has 1 aliphatic rings. The van der Waals surface area contributed by atoms with Gasteiger partial charge in [-0.3, -0.25) is 9.59 Å². The lowest BCUT2D eigenvalue weighted by Gasteiger charge is -2.11. The molecule has 2 aromatic heterocycles. The van der Waals surface area contributed by atoms with Crippen molar-refractivity contribution in [2.45, 2.75) is 32.2 Å². The predicted octanol–water partition coefficient (Wildman–Crippen LogP) is 2.38. The Bertz CT molecular complexity index is 1040. The third kappa shape index (κ3) is 2.96. The van der Waals surface area contributed by atoms with Crippen molar-refractivity contribution in [2.24, 2.45) is 0 Å². The first kappa shape index (κ1) is 16.7. The Morgan fingerprint density at radius 3 is 2.96 bits per heavy atom. The Morgan fingerprint density at radius 1 is 1.31 bits per heavy atom. The van der Waals surface area contributed by atoms with Gasteiger partial charge in [-0.25, -0.2) is 4.68 Å². The van der Waals surface area contributed by atoms with Crippen molar-refractivity contribution in [3.05, 3.63) is 45.1 Å². The highest BCUT2D eigenvalue weighted by atomic mass is 32.1. The fourth-order valence-corrected chi connectivity index (χ4v) is 4.48. The average Bonchev–Trinajstić information content (AvgIpc) is 3.04. The molecule has 0 saturated heterocycles. The molecule has 2 heterocycles. The molecule has 8 heteroatoms. The van der Waals surface area contributed by atoms with E-state index in [2.05, 4.69) is 15.6 Å². The van der Waals surface area contributed by atoms with Crippen molar-refractivity contribution in [3.63, 3.8) is 0 Å². The van der Waals surface area contributed by atoms with Crippen LogP contribution in [0, 0.1) is 0 Å². The lowest BCUT2D eigenvalue weighted by molar-refractivity contribution is -0.117. The molecule has 0 radical (unpaired) electrons. The van der Waals surface area contributed by atoms with Crippen LogP contribution in [0.4, 0.5) is 5.69 Å². The van der Waals surface area contributed by atoms with Gasteiger partial charge in [-0.15, -0.1) is 16.4 Å². The van der Waals surface area contributed by atoms with Gasteiger partial charge in [0.25, 0.3) is 5.56 Å². The normalized spacial score (nSPS) is 13.4. The molecule has 0 saturated carbocycles. The molecular formula is C18H18N4O3S. The van der Waals surface area contributed by atoms with E-state index < -0.39 is 0 Å². The quantitative estimate of drug-likeness (QED) is 0.762. The second-order valence-corrected chi connectivity index (χ2v) is 7.28. The van der Waals surface area contributed by atoms with Crippen LogP contribution in [0.2, 0.25) is 0 Å². The molecule has 1 aliphatic carbocycles. The molecule has 0 fully saturated rings. The molecule has 0 bridgehead atoms. The maximum absolute atomic E-state index is 12.8. The molecule has 7 nitrogen and oxygen atoms in total. The van der Waals surface area contributed by atoms with Gasteiger partial charge in [-0.05, 0) is 43.4 Å². The van der Waals surface area contributed by atoms with Crippen LogP contribution in [0.25, 0.3) is 10.2 Å². The van der Waals surface area contributed by atoms with Crippen molar-refractivity contribution >= 4 is 33.1 Å². The zero-order valence-corrected chi connectivity index (χ0v) is 15.1. The van der Waals surface area contributed by atoms with Crippen LogP contribution in [0.1, 0.15) is 23.3 Å². The van der Waals surface area contributed by atoms with Crippen molar-refractivity contribution in [2.75, 3.05) is 12.4 Å². The number of carbonyl (C=O) groups excluding carboxylic acids is 1. The number of rotatable bonds is 4. The molecule has 1 aromatic carbocycles. The number of amides is 1. The molecule has 0 aliphatic heterocycles. The van der Waals surface area contributed by atoms with Crippen molar-refractivity contribution in [1.82, 2.24) is 15.0 Å². The Labute approximate surface area is 153 Å². The van der Waals surface area contributed by atoms with Gasteiger partial charge in [-0.2, -0.15) is 0 Å². The van der Waals surface area contributed by atoms with Gasteiger partial charge in [-0.1, -0.05) is 17.3 Å². The second kappa shape index (κ2) is 6.87. The number of methoxy groups -OCH3 is 1. The Hall–Kier alpha value is -2.74. The summed E-state index contributed by atoms with van der Waals surface area (Å²) in [6.45, 7) is -0.190. The SMILES string of the molecule is COc1ccccc1NC(=O)Cn1nnc2sc3c(c2c1=O)CCCC3. The van der Waals surface area contributed by atoms with E-state index in [-0.39, 0.29) is 18.0 Å². The van der Waals surface area contributed by atoms with Crippen LogP contribution in [0.5, 0.6) is 5.75 Å². The molecule has 0 atom stereocenters. The van der Waals surface area contributed by atoms with E-state index >= 15 is 0 Å². The highest BCUT2D eigenvalue weighted by molar-refractivity contribution is 7.18. The highest BCUT2D eigenvalue weighted by Gasteiger charge is 2.21. The zero-order valence-electron chi connectivity index (χ0n) is 14.3. The minimum atomic E-state index is -0.352. The lowest BCUT2D eigenvalue weighted by atomic mass is 9.97. The monoisotopic (exact) mass is 370 g/mol. The Balaban J connectivity index is 1.62. The first-order valence-corrected chi connectivity index (χ1v) is 9.30. The minimum absolute atomic E-state index is 0.190.